The van der Waals surface area contributed by atoms with Crippen molar-refractivity contribution in [2.24, 2.45) is 11.5 Å². The number of rotatable bonds is 12. The summed E-state index contributed by atoms with van der Waals surface area (Å²) in [4.78, 5) is 0. The Balaban J connectivity index is 3.93. The van der Waals surface area contributed by atoms with Gasteiger partial charge in [-0.1, -0.05) is 51.9 Å². The van der Waals surface area contributed by atoms with Crippen LogP contribution in [0.25, 0.3) is 0 Å². The minimum atomic E-state index is -1.21. The summed E-state index contributed by atoms with van der Waals surface area (Å²) in [6.45, 7) is 11.6. The third-order valence-electron chi connectivity index (χ3n) is 3.69. The van der Waals surface area contributed by atoms with Gasteiger partial charge in [-0.25, -0.2) is 0 Å². The van der Waals surface area contributed by atoms with E-state index in [4.69, 9.17) is 11.5 Å². The summed E-state index contributed by atoms with van der Waals surface area (Å²) in [5, 5.41) is 0. The number of nitrogens with two attached hydrogens (primary N) is 2. The Morgan fingerprint density at radius 2 is 1.00 bits per heavy atom. The zero-order valence-electron chi connectivity index (χ0n) is 13.7. The molecule has 19 heavy (non-hydrogen) atoms. The molecular formula is C14H37N3Si2. The fraction of sp³-hybridized carbons (Fsp3) is 1.00. The van der Waals surface area contributed by atoms with Gasteiger partial charge in [-0.15, -0.1) is 0 Å². The quantitative estimate of drug-likeness (QED) is 0.383. The standard InChI is InChI=1S/C14H37N3Si2/c1-18(2,13-9-5-7-11-15)17-19(3,4)14-10-6-8-12-16/h17H,5-16H2,1-4H3. The van der Waals surface area contributed by atoms with Gasteiger partial charge in [0.1, 0.15) is 16.5 Å². The van der Waals surface area contributed by atoms with E-state index in [9.17, 15) is 0 Å². The van der Waals surface area contributed by atoms with Crippen molar-refractivity contribution in [2.75, 3.05) is 13.1 Å². The molecule has 0 saturated carbocycles. The molecule has 0 amide bonds. The molecular weight excluding hydrogens is 266 g/mol. The summed E-state index contributed by atoms with van der Waals surface area (Å²) in [6, 6.07) is 2.79. The molecule has 0 bridgehead atoms. The third-order valence-corrected chi connectivity index (χ3v) is 12.3. The van der Waals surface area contributed by atoms with Crippen LogP contribution in [0.5, 0.6) is 0 Å². The Bertz CT molecular complexity index is 199. The molecule has 0 heterocycles. The highest BCUT2D eigenvalue weighted by Crippen LogP contribution is 2.18. The van der Waals surface area contributed by atoms with E-state index in [0.29, 0.717) is 0 Å². The molecule has 0 fully saturated rings. The molecule has 0 saturated heterocycles. The van der Waals surface area contributed by atoms with Gasteiger partial charge in [0.05, 0.1) is 0 Å². The second kappa shape index (κ2) is 10.1. The predicted octanol–water partition coefficient (Wildman–Crippen LogP) is 3.24. The van der Waals surface area contributed by atoms with Crippen LogP contribution in [0.15, 0.2) is 0 Å². The summed E-state index contributed by atoms with van der Waals surface area (Å²) in [5.41, 5.74) is 11.1. The molecule has 0 aromatic rings. The molecule has 0 rings (SSSR count). The van der Waals surface area contributed by atoms with E-state index in [2.05, 4.69) is 30.8 Å². The van der Waals surface area contributed by atoms with Crippen LogP contribution in [0.1, 0.15) is 38.5 Å². The highest BCUT2D eigenvalue weighted by atomic mass is 28.4. The van der Waals surface area contributed by atoms with Crippen molar-refractivity contribution in [1.82, 2.24) is 4.65 Å². The Labute approximate surface area is 123 Å². The lowest BCUT2D eigenvalue weighted by molar-refractivity contribution is 0.714. The molecule has 0 aliphatic carbocycles. The van der Waals surface area contributed by atoms with Crippen LogP contribution in [-0.2, 0) is 0 Å². The number of unbranched alkanes of at least 4 members (excludes halogenated alkanes) is 4. The van der Waals surface area contributed by atoms with E-state index < -0.39 is 16.5 Å². The molecule has 0 aromatic heterocycles. The lowest BCUT2D eigenvalue weighted by Gasteiger charge is -2.35. The molecule has 116 valence electrons. The number of nitrogens with one attached hydrogen (secondary N) is 1. The van der Waals surface area contributed by atoms with Crippen molar-refractivity contribution in [3.8, 4) is 0 Å². The second-order valence-electron chi connectivity index (χ2n) is 7.09. The monoisotopic (exact) mass is 303 g/mol. The third kappa shape index (κ3) is 11.8. The summed E-state index contributed by atoms with van der Waals surface area (Å²) in [5.74, 6) is 0. The Morgan fingerprint density at radius 3 is 1.32 bits per heavy atom. The van der Waals surface area contributed by atoms with E-state index in [1.165, 1.54) is 50.6 Å². The topological polar surface area (TPSA) is 64.1 Å². The molecule has 0 spiro atoms. The fourth-order valence-corrected chi connectivity index (χ4v) is 13.4. The fourth-order valence-electron chi connectivity index (χ4n) is 2.82. The summed E-state index contributed by atoms with van der Waals surface area (Å²) in [6.07, 6.45) is 7.66. The highest BCUT2D eigenvalue weighted by molar-refractivity contribution is 6.91. The average molecular weight is 304 g/mol. The van der Waals surface area contributed by atoms with Gasteiger partial charge in [0.2, 0.25) is 0 Å². The van der Waals surface area contributed by atoms with Gasteiger partial charge < -0.3 is 16.1 Å². The highest BCUT2D eigenvalue weighted by Gasteiger charge is 2.29. The maximum atomic E-state index is 5.55. The van der Waals surface area contributed by atoms with Gasteiger partial charge in [-0.05, 0) is 38.0 Å². The van der Waals surface area contributed by atoms with Gasteiger partial charge >= 0.3 is 0 Å². The van der Waals surface area contributed by atoms with E-state index in [1.54, 1.807) is 0 Å². The Kier molecular flexibility index (Phi) is 10.3. The summed E-state index contributed by atoms with van der Waals surface area (Å²) >= 11 is 0. The largest absolute Gasteiger partial charge is 0.359 e. The molecule has 0 atom stereocenters. The van der Waals surface area contributed by atoms with Crippen molar-refractivity contribution >= 4 is 16.5 Å². The van der Waals surface area contributed by atoms with Gasteiger partial charge in [0, 0.05) is 0 Å². The smallest absolute Gasteiger partial charge is 0.112 e. The maximum Gasteiger partial charge on any atom is 0.112 e. The van der Waals surface area contributed by atoms with Gasteiger partial charge in [0.15, 0.2) is 0 Å². The zero-order chi connectivity index (χ0) is 14.8. The first-order valence-electron chi connectivity index (χ1n) is 8.02. The first-order valence-corrected chi connectivity index (χ1v) is 14.4. The van der Waals surface area contributed by atoms with Crippen molar-refractivity contribution in [1.29, 1.82) is 0 Å². The lowest BCUT2D eigenvalue weighted by Crippen LogP contribution is -2.58. The second-order valence-corrected chi connectivity index (χ2v) is 16.6. The number of hydrogen-bond acceptors (Lipinski definition) is 3. The first kappa shape index (κ1) is 19.3. The maximum absolute atomic E-state index is 5.55. The molecule has 0 aromatic carbocycles. The van der Waals surface area contributed by atoms with E-state index >= 15 is 0 Å². The van der Waals surface area contributed by atoms with Crippen LogP contribution in [0.3, 0.4) is 0 Å². The van der Waals surface area contributed by atoms with Crippen LogP contribution in [0, 0.1) is 0 Å². The van der Waals surface area contributed by atoms with E-state index in [1.807, 2.05) is 0 Å². The number of hydrogen-bond donors (Lipinski definition) is 3. The van der Waals surface area contributed by atoms with Crippen LogP contribution in [0.4, 0.5) is 0 Å². The molecule has 0 radical (unpaired) electrons. The van der Waals surface area contributed by atoms with Crippen molar-refractivity contribution < 1.29 is 0 Å². The van der Waals surface area contributed by atoms with Gasteiger partial charge in [-0.2, -0.15) is 0 Å². The molecule has 0 aliphatic heterocycles. The van der Waals surface area contributed by atoms with Crippen LogP contribution >= 0.6 is 0 Å². The average Bonchev–Trinajstić information content (AvgIpc) is 2.29. The molecule has 3 nitrogen and oxygen atoms in total. The summed E-state index contributed by atoms with van der Waals surface area (Å²) < 4.78 is 4.10. The normalized spacial score (nSPS) is 12.9. The SMILES string of the molecule is C[Si](C)(CCCCCN)N[Si](C)(C)CCCCCN. The summed E-state index contributed by atoms with van der Waals surface area (Å²) in [7, 11) is -2.42. The Hall–Kier alpha value is 0.314. The van der Waals surface area contributed by atoms with Crippen LogP contribution in [-0.4, -0.2) is 29.6 Å². The van der Waals surface area contributed by atoms with Crippen molar-refractivity contribution in [2.45, 2.75) is 76.8 Å². The molecule has 0 unspecified atom stereocenters. The zero-order valence-corrected chi connectivity index (χ0v) is 15.7. The molecule has 5 heteroatoms. The van der Waals surface area contributed by atoms with Gasteiger partial charge in [-0.3, -0.25) is 0 Å². The van der Waals surface area contributed by atoms with Crippen molar-refractivity contribution in [3.63, 3.8) is 0 Å². The van der Waals surface area contributed by atoms with Crippen LogP contribution in [0.2, 0.25) is 38.3 Å². The molecule has 5 N–H and O–H groups in total. The Morgan fingerprint density at radius 1 is 0.632 bits per heavy atom. The minimum absolute atomic E-state index is 0.844. The van der Waals surface area contributed by atoms with Crippen molar-refractivity contribution in [3.05, 3.63) is 0 Å². The predicted molar refractivity (Wildman–Crippen MR) is 93.5 cm³/mol. The molecule has 0 aliphatic rings. The van der Waals surface area contributed by atoms with E-state index in [-0.39, 0.29) is 0 Å². The lowest BCUT2D eigenvalue weighted by atomic mass is 10.2. The van der Waals surface area contributed by atoms with E-state index in [0.717, 1.165) is 13.1 Å². The van der Waals surface area contributed by atoms with Crippen LogP contribution < -0.4 is 16.1 Å². The minimum Gasteiger partial charge on any atom is -0.359 e. The van der Waals surface area contributed by atoms with Gasteiger partial charge in [0.25, 0.3) is 0 Å². The first-order chi connectivity index (χ1) is 8.83.